The van der Waals surface area contributed by atoms with E-state index in [1.165, 1.54) is 6.07 Å². The average Bonchev–Trinajstić information content (AvgIpc) is 2.58. The molecule has 2 rings (SSSR count). The Kier molecular flexibility index (Phi) is 6.70. The van der Waals surface area contributed by atoms with Crippen molar-refractivity contribution in [3.63, 3.8) is 0 Å². The Morgan fingerprint density at radius 1 is 1.21 bits per heavy atom. The van der Waals surface area contributed by atoms with E-state index < -0.39 is 0 Å². The Bertz CT molecular complexity index is 894. The standard InChI is InChI=1S/C23H31FN4/c1-9-18(17-10-15(4)21(20(24)11-17)27-14(2)3)19-12-25-22(28-16(19)5)26-13-23(6,7)8/h9-12H,13H2,1-8H3,(H,25,26,28)/b18-9-. The van der Waals surface area contributed by atoms with Gasteiger partial charge in [0.2, 0.25) is 5.95 Å². The Morgan fingerprint density at radius 2 is 1.89 bits per heavy atom. The van der Waals surface area contributed by atoms with E-state index in [1.807, 2.05) is 46.8 Å². The van der Waals surface area contributed by atoms with Gasteiger partial charge in [0.05, 0.1) is 5.69 Å². The predicted octanol–water partition coefficient (Wildman–Crippen LogP) is 6.25. The van der Waals surface area contributed by atoms with Crippen LogP contribution in [0.15, 0.2) is 29.4 Å². The SMILES string of the molecule is C/C=C(/c1cc(C)c(N=C(C)C)c(F)c1)c1cnc(NCC(C)(C)C)nc1C. The second kappa shape index (κ2) is 8.63. The Morgan fingerprint density at radius 3 is 2.39 bits per heavy atom. The monoisotopic (exact) mass is 382 g/mol. The van der Waals surface area contributed by atoms with Crippen molar-refractivity contribution in [1.29, 1.82) is 0 Å². The molecular weight excluding hydrogens is 351 g/mol. The summed E-state index contributed by atoms with van der Waals surface area (Å²) in [6.07, 6.45) is 3.77. The third kappa shape index (κ3) is 5.47. The highest BCUT2D eigenvalue weighted by molar-refractivity contribution is 5.84. The molecule has 1 N–H and O–H groups in total. The minimum atomic E-state index is -0.322. The number of aryl methyl sites for hydroxylation is 2. The van der Waals surface area contributed by atoms with Crippen molar-refractivity contribution in [2.75, 3.05) is 11.9 Å². The minimum Gasteiger partial charge on any atom is -0.354 e. The van der Waals surface area contributed by atoms with E-state index in [-0.39, 0.29) is 11.2 Å². The quantitative estimate of drug-likeness (QED) is 0.621. The lowest BCUT2D eigenvalue weighted by Crippen LogP contribution is -2.20. The van der Waals surface area contributed by atoms with Crippen LogP contribution in [0.3, 0.4) is 0 Å². The van der Waals surface area contributed by atoms with Gasteiger partial charge < -0.3 is 5.32 Å². The maximum atomic E-state index is 14.7. The summed E-state index contributed by atoms with van der Waals surface area (Å²) in [6, 6.07) is 3.50. The number of anilines is 1. The molecule has 5 heteroatoms. The molecule has 1 aromatic heterocycles. The molecular formula is C23H31FN4. The zero-order valence-electron chi connectivity index (χ0n) is 18.2. The van der Waals surface area contributed by atoms with Crippen molar-refractivity contribution in [2.24, 2.45) is 10.4 Å². The molecule has 150 valence electrons. The zero-order chi connectivity index (χ0) is 21.1. The third-order valence-corrected chi connectivity index (χ3v) is 4.24. The molecule has 0 amide bonds. The fraction of sp³-hybridized carbons (Fsp3) is 0.435. The summed E-state index contributed by atoms with van der Waals surface area (Å²) in [4.78, 5) is 13.4. The zero-order valence-corrected chi connectivity index (χ0v) is 18.2. The molecule has 2 aromatic rings. The maximum Gasteiger partial charge on any atom is 0.222 e. The van der Waals surface area contributed by atoms with Crippen molar-refractivity contribution in [3.05, 3.63) is 52.6 Å². The molecule has 0 aliphatic rings. The smallest absolute Gasteiger partial charge is 0.222 e. The highest BCUT2D eigenvalue weighted by Gasteiger charge is 2.15. The summed E-state index contributed by atoms with van der Waals surface area (Å²) in [7, 11) is 0. The first-order valence-corrected chi connectivity index (χ1v) is 9.58. The summed E-state index contributed by atoms with van der Waals surface area (Å²) in [5.74, 6) is 0.287. The van der Waals surface area contributed by atoms with Crippen LogP contribution in [0.2, 0.25) is 0 Å². The lowest BCUT2D eigenvalue weighted by atomic mass is 9.95. The van der Waals surface area contributed by atoms with Gasteiger partial charge in [-0.2, -0.15) is 0 Å². The van der Waals surface area contributed by atoms with Gasteiger partial charge in [-0.05, 0) is 68.9 Å². The Hall–Kier alpha value is -2.56. The fourth-order valence-corrected chi connectivity index (χ4v) is 2.90. The molecule has 28 heavy (non-hydrogen) atoms. The maximum absolute atomic E-state index is 14.7. The number of nitrogens with zero attached hydrogens (tertiary/aromatic N) is 3. The second-order valence-electron chi connectivity index (χ2n) is 8.49. The van der Waals surface area contributed by atoms with Crippen LogP contribution in [0.4, 0.5) is 16.0 Å². The minimum absolute atomic E-state index is 0.139. The van der Waals surface area contributed by atoms with Crippen LogP contribution in [0.5, 0.6) is 0 Å². The van der Waals surface area contributed by atoms with Crippen LogP contribution in [0.1, 0.15) is 63.9 Å². The van der Waals surface area contributed by atoms with Gasteiger partial charge in [-0.1, -0.05) is 26.8 Å². The molecule has 0 fully saturated rings. The highest BCUT2D eigenvalue weighted by Crippen LogP contribution is 2.32. The Balaban J connectivity index is 2.40. The number of aromatic nitrogens is 2. The normalized spacial score (nSPS) is 12.1. The van der Waals surface area contributed by atoms with Gasteiger partial charge in [-0.25, -0.2) is 14.4 Å². The van der Waals surface area contributed by atoms with Crippen molar-refractivity contribution >= 4 is 22.9 Å². The van der Waals surface area contributed by atoms with Gasteiger partial charge in [0.15, 0.2) is 0 Å². The van der Waals surface area contributed by atoms with Crippen LogP contribution in [0.25, 0.3) is 5.57 Å². The third-order valence-electron chi connectivity index (χ3n) is 4.24. The number of halogens is 1. The largest absolute Gasteiger partial charge is 0.354 e. The highest BCUT2D eigenvalue weighted by atomic mass is 19.1. The number of rotatable bonds is 5. The van der Waals surface area contributed by atoms with E-state index in [4.69, 9.17) is 0 Å². The number of allylic oxidation sites excluding steroid dienone is 1. The molecule has 0 spiro atoms. The van der Waals surface area contributed by atoms with E-state index in [0.717, 1.165) is 40.2 Å². The van der Waals surface area contributed by atoms with E-state index >= 15 is 0 Å². The number of benzene rings is 1. The summed E-state index contributed by atoms with van der Waals surface area (Å²) in [5, 5.41) is 3.28. The molecule has 1 heterocycles. The number of hydrogen-bond donors (Lipinski definition) is 1. The van der Waals surface area contributed by atoms with E-state index in [9.17, 15) is 4.39 Å². The molecule has 0 atom stereocenters. The lowest BCUT2D eigenvalue weighted by molar-refractivity contribution is 0.441. The van der Waals surface area contributed by atoms with Gasteiger partial charge in [0.1, 0.15) is 11.5 Å². The van der Waals surface area contributed by atoms with Gasteiger partial charge in [0, 0.05) is 24.0 Å². The van der Waals surface area contributed by atoms with Crippen LogP contribution in [-0.4, -0.2) is 22.2 Å². The number of nitrogens with one attached hydrogen (secondary N) is 1. The van der Waals surface area contributed by atoms with Crippen LogP contribution in [0, 0.1) is 25.1 Å². The fourth-order valence-electron chi connectivity index (χ4n) is 2.90. The van der Waals surface area contributed by atoms with Crippen molar-refractivity contribution in [2.45, 2.75) is 55.4 Å². The first-order chi connectivity index (χ1) is 13.0. The Labute approximate surface area is 168 Å². The van der Waals surface area contributed by atoms with Crippen LogP contribution < -0.4 is 5.32 Å². The van der Waals surface area contributed by atoms with Crippen molar-refractivity contribution < 1.29 is 4.39 Å². The van der Waals surface area contributed by atoms with Crippen LogP contribution >= 0.6 is 0 Å². The van der Waals surface area contributed by atoms with Crippen molar-refractivity contribution in [3.8, 4) is 0 Å². The van der Waals surface area contributed by atoms with E-state index in [2.05, 4.69) is 41.0 Å². The summed E-state index contributed by atoms with van der Waals surface area (Å²) < 4.78 is 14.7. The molecule has 0 saturated carbocycles. The van der Waals surface area contributed by atoms with Gasteiger partial charge in [0.25, 0.3) is 0 Å². The molecule has 0 aliphatic heterocycles. The van der Waals surface area contributed by atoms with Gasteiger partial charge in [-0.3, -0.25) is 4.99 Å². The molecule has 4 nitrogen and oxygen atoms in total. The molecule has 0 radical (unpaired) electrons. The first kappa shape index (κ1) is 21.7. The van der Waals surface area contributed by atoms with E-state index in [0.29, 0.717) is 11.6 Å². The molecule has 1 aromatic carbocycles. The topological polar surface area (TPSA) is 50.2 Å². The molecule has 0 aliphatic carbocycles. The average molecular weight is 383 g/mol. The number of aliphatic imine (C=N–C) groups is 1. The molecule has 0 bridgehead atoms. The van der Waals surface area contributed by atoms with Crippen molar-refractivity contribution in [1.82, 2.24) is 9.97 Å². The lowest BCUT2D eigenvalue weighted by Gasteiger charge is -2.19. The van der Waals surface area contributed by atoms with E-state index in [1.54, 1.807) is 6.20 Å². The van der Waals surface area contributed by atoms with Gasteiger partial charge in [-0.15, -0.1) is 0 Å². The van der Waals surface area contributed by atoms with Crippen LogP contribution in [-0.2, 0) is 0 Å². The molecule has 0 unspecified atom stereocenters. The molecule has 0 saturated heterocycles. The summed E-state index contributed by atoms with van der Waals surface area (Å²) in [5.41, 5.74) is 5.61. The second-order valence-corrected chi connectivity index (χ2v) is 8.49. The summed E-state index contributed by atoms with van der Waals surface area (Å²) >= 11 is 0. The summed E-state index contributed by atoms with van der Waals surface area (Å²) in [6.45, 7) is 16.7. The predicted molar refractivity (Wildman–Crippen MR) is 117 cm³/mol. The number of hydrogen-bond acceptors (Lipinski definition) is 4. The first-order valence-electron chi connectivity index (χ1n) is 9.58. The van der Waals surface area contributed by atoms with Gasteiger partial charge >= 0.3 is 0 Å².